The summed E-state index contributed by atoms with van der Waals surface area (Å²) in [5.74, 6) is 1.94. The highest BCUT2D eigenvalue weighted by atomic mass is 79.9. The Morgan fingerprint density at radius 3 is 2.58 bits per heavy atom. The molecule has 5 nitrogen and oxygen atoms in total. The molecule has 5 aliphatic rings. The lowest BCUT2D eigenvalue weighted by atomic mass is 9.56. The third-order valence-corrected chi connectivity index (χ3v) is 12.4. The van der Waals surface area contributed by atoms with Crippen LogP contribution in [0.4, 0.5) is 0 Å². The average Bonchev–Trinajstić information content (AvgIpc) is 3.42. The van der Waals surface area contributed by atoms with Gasteiger partial charge >= 0.3 is 17.9 Å². The van der Waals surface area contributed by atoms with Crippen LogP contribution in [-0.2, 0) is 23.9 Å². The molecule has 11 atom stereocenters. The molecule has 5 fully saturated rings. The number of carbonyl (C=O) groups is 3. The van der Waals surface area contributed by atoms with E-state index < -0.39 is 5.92 Å². The smallest absolute Gasteiger partial charge is 0.318 e. The molecule has 4 aliphatic carbocycles. The van der Waals surface area contributed by atoms with Gasteiger partial charge in [0.05, 0.1) is 11.8 Å². The number of alkyl halides is 1. The molecule has 0 aromatic heterocycles. The van der Waals surface area contributed by atoms with Crippen molar-refractivity contribution in [3.05, 3.63) is 23.8 Å². The molecule has 0 N–H and O–H groups in total. The van der Waals surface area contributed by atoms with E-state index in [4.69, 9.17) is 9.47 Å². The number of rotatable bonds is 7. The summed E-state index contributed by atoms with van der Waals surface area (Å²) in [7, 11) is 0. The minimum atomic E-state index is -0.392. The molecule has 0 aromatic rings. The number of cyclic esters (lactones) is 2. The maximum atomic E-state index is 13.1. The lowest BCUT2D eigenvalue weighted by Gasteiger charge is -2.48. The molecule has 8 unspecified atom stereocenters. The molecule has 0 amide bonds. The molecule has 4 saturated carbocycles. The first-order valence-corrected chi connectivity index (χ1v) is 17.1. The molecule has 0 aromatic carbocycles. The van der Waals surface area contributed by atoms with Gasteiger partial charge in [-0.05, 0) is 111 Å². The Bertz CT molecular complexity index is 1050. The number of fused-ring (bicyclic) bond motifs is 3. The zero-order valence-corrected chi connectivity index (χ0v) is 26.7. The molecule has 1 heterocycles. The van der Waals surface area contributed by atoms with Gasteiger partial charge in [0.15, 0.2) is 0 Å². The predicted molar refractivity (Wildman–Crippen MR) is 159 cm³/mol. The molecule has 1 aliphatic heterocycles. The molecule has 5 rings (SSSR count). The SMILES string of the molecule is CC(C)C(C)/C=C/[C@@H](C)C1CCC2/C(=C/[C@H]3C4C[C@@H](OC(=O)CBr)CCC4CC4C(=O)OC(=O)C43)CCCC21C. The topological polar surface area (TPSA) is 69.7 Å². The van der Waals surface area contributed by atoms with Gasteiger partial charge in [0, 0.05) is 0 Å². The summed E-state index contributed by atoms with van der Waals surface area (Å²) in [4.78, 5) is 37.9. The Labute approximate surface area is 249 Å². The molecule has 1 saturated heterocycles. The second kappa shape index (κ2) is 12.1. The van der Waals surface area contributed by atoms with Gasteiger partial charge in [0.2, 0.25) is 0 Å². The van der Waals surface area contributed by atoms with Crippen LogP contribution < -0.4 is 0 Å². The number of carbonyl (C=O) groups excluding carboxylic acids is 3. The van der Waals surface area contributed by atoms with Crippen LogP contribution in [0.3, 0.4) is 0 Å². The van der Waals surface area contributed by atoms with Crippen LogP contribution in [0.2, 0.25) is 0 Å². The first kappa shape index (κ1) is 30.0. The van der Waals surface area contributed by atoms with Crippen molar-refractivity contribution in [1.82, 2.24) is 0 Å². The van der Waals surface area contributed by atoms with Crippen LogP contribution in [0.5, 0.6) is 0 Å². The first-order valence-electron chi connectivity index (χ1n) is 15.9. The molecule has 222 valence electrons. The molecule has 0 radical (unpaired) electrons. The number of halogens is 1. The number of hydrogen-bond acceptors (Lipinski definition) is 5. The van der Waals surface area contributed by atoms with Crippen LogP contribution in [0.25, 0.3) is 0 Å². The fraction of sp³-hybridized carbons (Fsp3) is 0.794. The minimum Gasteiger partial charge on any atom is -0.462 e. The van der Waals surface area contributed by atoms with Gasteiger partial charge in [0.1, 0.15) is 11.4 Å². The van der Waals surface area contributed by atoms with Crippen LogP contribution in [0.1, 0.15) is 92.4 Å². The van der Waals surface area contributed by atoms with E-state index in [1.807, 2.05) is 0 Å². The number of esters is 3. The summed E-state index contributed by atoms with van der Waals surface area (Å²) >= 11 is 3.22. The summed E-state index contributed by atoms with van der Waals surface area (Å²) in [5, 5.41) is 0.196. The second-order valence-corrected chi connectivity index (χ2v) is 14.9. The van der Waals surface area contributed by atoms with Crippen LogP contribution in [0.15, 0.2) is 23.8 Å². The van der Waals surface area contributed by atoms with Crippen LogP contribution >= 0.6 is 15.9 Å². The largest absolute Gasteiger partial charge is 0.462 e. The maximum absolute atomic E-state index is 13.1. The molecule has 6 heteroatoms. The van der Waals surface area contributed by atoms with Crippen LogP contribution in [-0.4, -0.2) is 29.3 Å². The summed E-state index contributed by atoms with van der Waals surface area (Å²) in [6.07, 6.45) is 16.4. The Morgan fingerprint density at radius 1 is 1.07 bits per heavy atom. The van der Waals surface area contributed by atoms with E-state index in [2.05, 4.69) is 68.8 Å². The Morgan fingerprint density at radius 2 is 1.85 bits per heavy atom. The predicted octanol–water partition coefficient (Wildman–Crippen LogP) is 7.67. The minimum absolute atomic E-state index is 0.0196. The molecular formula is C34H49BrO5. The molecule has 0 spiro atoms. The standard InChI is InChI=1S/C34H49BrO5/c1-19(2)20(3)8-9-21(4)28-12-13-29-23(7-6-14-34(28,29)5)16-26-25-17-24(39-30(36)18-35)11-10-22(25)15-27-31(26)33(38)40-32(27)37/h8-9,16,19-22,24-29,31H,6-7,10-15,17-18H2,1-5H3/b9-8+,23-16+/t20?,21-,22?,24+,25?,26+,27?,28?,29?,31?,34?/m1/s1. The van der Waals surface area contributed by atoms with Crippen molar-refractivity contribution in [2.45, 2.75) is 98.5 Å². The van der Waals surface area contributed by atoms with Crippen molar-refractivity contribution in [3.63, 3.8) is 0 Å². The second-order valence-electron chi connectivity index (χ2n) is 14.4. The van der Waals surface area contributed by atoms with E-state index in [9.17, 15) is 14.4 Å². The lowest BCUT2D eigenvalue weighted by molar-refractivity contribution is -0.154. The van der Waals surface area contributed by atoms with Gasteiger partial charge in [-0.15, -0.1) is 0 Å². The van der Waals surface area contributed by atoms with Gasteiger partial charge in [-0.2, -0.15) is 0 Å². The van der Waals surface area contributed by atoms with Gasteiger partial charge in [-0.3, -0.25) is 14.4 Å². The van der Waals surface area contributed by atoms with E-state index in [1.54, 1.807) is 0 Å². The van der Waals surface area contributed by atoms with Gasteiger partial charge in [-0.1, -0.05) is 74.3 Å². The molecular weight excluding hydrogens is 568 g/mol. The monoisotopic (exact) mass is 616 g/mol. The first-order chi connectivity index (χ1) is 19.0. The fourth-order valence-corrected chi connectivity index (χ4v) is 9.59. The van der Waals surface area contributed by atoms with Gasteiger partial charge < -0.3 is 9.47 Å². The average molecular weight is 618 g/mol. The van der Waals surface area contributed by atoms with E-state index >= 15 is 0 Å². The van der Waals surface area contributed by atoms with Crippen molar-refractivity contribution in [2.24, 2.45) is 64.6 Å². The third-order valence-electron chi connectivity index (χ3n) is 11.9. The summed E-state index contributed by atoms with van der Waals surface area (Å²) in [6.45, 7) is 11.8. The van der Waals surface area contributed by atoms with Crippen molar-refractivity contribution in [3.8, 4) is 0 Å². The molecule has 0 bridgehead atoms. The summed E-state index contributed by atoms with van der Waals surface area (Å²) in [5.41, 5.74) is 1.77. The third kappa shape index (κ3) is 5.64. The highest BCUT2D eigenvalue weighted by Crippen LogP contribution is 2.61. The molecule has 40 heavy (non-hydrogen) atoms. The highest BCUT2D eigenvalue weighted by molar-refractivity contribution is 9.09. The van der Waals surface area contributed by atoms with Gasteiger partial charge in [0.25, 0.3) is 0 Å². The highest BCUT2D eigenvalue weighted by Gasteiger charge is 2.57. The summed E-state index contributed by atoms with van der Waals surface area (Å²) < 4.78 is 11.0. The fourth-order valence-electron chi connectivity index (χ4n) is 9.46. The van der Waals surface area contributed by atoms with Crippen molar-refractivity contribution in [2.75, 3.05) is 5.33 Å². The Hall–Kier alpha value is -1.43. The van der Waals surface area contributed by atoms with Crippen molar-refractivity contribution >= 4 is 33.8 Å². The van der Waals surface area contributed by atoms with E-state index in [1.165, 1.54) is 31.3 Å². The number of allylic oxidation sites excluding steroid dienone is 4. The maximum Gasteiger partial charge on any atom is 0.318 e. The normalized spacial score (nSPS) is 41.9. The van der Waals surface area contributed by atoms with E-state index in [-0.39, 0.29) is 52.5 Å². The summed E-state index contributed by atoms with van der Waals surface area (Å²) in [6, 6.07) is 0. The zero-order valence-electron chi connectivity index (χ0n) is 25.1. The quantitative estimate of drug-likeness (QED) is 0.127. The van der Waals surface area contributed by atoms with Crippen LogP contribution in [0, 0.1) is 64.6 Å². The zero-order chi connectivity index (χ0) is 28.8. The Balaban J connectivity index is 1.42. The van der Waals surface area contributed by atoms with E-state index in [0.717, 1.165) is 32.1 Å². The Kier molecular flexibility index (Phi) is 9.05. The van der Waals surface area contributed by atoms with E-state index in [0.29, 0.717) is 35.5 Å². The van der Waals surface area contributed by atoms with Gasteiger partial charge in [-0.25, -0.2) is 0 Å². The van der Waals surface area contributed by atoms with Crippen molar-refractivity contribution in [1.29, 1.82) is 0 Å². The number of hydrogen-bond donors (Lipinski definition) is 0. The van der Waals surface area contributed by atoms with Crippen molar-refractivity contribution < 1.29 is 23.9 Å². The number of ether oxygens (including phenoxy) is 2. The lowest BCUT2D eigenvalue weighted by Crippen LogP contribution is -2.46.